The zero-order chi connectivity index (χ0) is 12.7. The first-order chi connectivity index (χ1) is 8.15. The maximum Gasteiger partial charge on any atom is 0.233 e. The Balaban J connectivity index is 2.26. The molecule has 1 amide bonds. The maximum absolute atomic E-state index is 12.0. The summed E-state index contributed by atoms with van der Waals surface area (Å²) in [5, 5.41) is 6.59. The van der Waals surface area contributed by atoms with Gasteiger partial charge in [0.1, 0.15) is 0 Å². The van der Waals surface area contributed by atoms with Gasteiger partial charge in [0.2, 0.25) is 5.91 Å². The molecule has 0 aromatic carbocycles. The van der Waals surface area contributed by atoms with Gasteiger partial charge < -0.3 is 10.6 Å². The van der Waals surface area contributed by atoms with E-state index in [2.05, 4.69) is 24.5 Å². The van der Waals surface area contributed by atoms with E-state index in [0.717, 1.165) is 25.3 Å². The third-order valence-corrected chi connectivity index (χ3v) is 4.63. The van der Waals surface area contributed by atoms with Crippen molar-refractivity contribution in [2.75, 3.05) is 18.8 Å². The Labute approximate surface area is 109 Å². The number of hydrogen-bond donors (Lipinski definition) is 2. The van der Waals surface area contributed by atoms with E-state index in [4.69, 9.17) is 0 Å². The summed E-state index contributed by atoms with van der Waals surface area (Å²) < 4.78 is 0. The Morgan fingerprint density at radius 2 is 2.35 bits per heavy atom. The zero-order valence-electron chi connectivity index (χ0n) is 11.3. The van der Waals surface area contributed by atoms with Crippen LogP contribution in [0.25, 0.3) is 0 Å². The molecule has 17 heavy (non-hydrogen) atoms. The van der Waals surface area contributed by atoms with E-state index in [1.807, 2.05) is 6.92 Å². The summed E-state index contributed by atoms with van der Waals surface area (Å²) >= 11 is 1.77. The Bertz CT molecular complexity index is 235. The maximum atomic E-state index is 12.0. The highest BCUT2D eigenvalue weighted by Gasteiger charge is 2.24. The molecule has 1 rings (SSSR count). The van der Waals surface area contributed by atoms with E-state index >= 15 is 0 Å². The Morgan fingerprint density at radius 1 is 1.59 bits per heavy atom. The highest BCUT2D eigenvalue weighted by Crippen LogP contribution is 2.15. The highest BCUT2D eigenvalue weighted by atomic mass is 32.2. The number of piperidine rings is 1. The second-order valence-electron chi connectivity index (χ2n) is 4.95. The lowest BCUT2D eigenvalue weighted by Gasteiger charge is -2.31. The normalized spacial score (nSPS) is 26.5. The molecule has 3 unspecified atom stereocenters. The van der Waals surface area contributed by atoms with Crippen LogP contribution in [-0.2, 0) is 4.79 Å². The van der Waals surface area contributed by atoms with E-state index in [1.165, 1.54) is 12.8 Å². The van der Waals surface area contributed by atoms with E-state index in [0.29, 0.717) is 12.0 Å². The predicted molar refractivity (Wildman–Crippen MR) is 75.4 cm³/mol. The second kappa shape index (κ2) is 7.98. The summed E-state index contributed by atoms with van der Waals surface area (Å²) in [6.45, 7) is 8.41. The fourth-order valence-electron chi connectivity index (χ4n) is 1.96. The van der Waals surface area contributed by atoms with Gasteiger partial charge in [-0.05, 0) is 38.0 Å². The number of carbonyl (C=O) groups is 1. The zero-order valence-corrected chi connectivity index (χ0v) is 12.1. The molecule has 1 saturated heterocycles. The number of amides is 1. The Hall–Kier alpha value is -0.220. The average Bonchev–Trinajstić information content (AvgIpc) is 2.32. The second-order valence-corrected chi connectivity index (χ2v) is 6.40. The van der Waals surface area contributed by atoms with Crippen LogP contribution in [-0.4, -0.2) is 36.0 Å². The van der Waals surface area contributed by atoms with Gasteiger partial charge in [-0.2, -0.15) is 0 Å². The molecular formula is C13H26N2OS. The largest absolute Gasteiger partial charge is 0.351 e. The molecule has 1 aliphatic heterocycles. The first kappa shape index (κ1) is 14.8. The van der Waals surface area contributed by atoms with Gasteiger partial charge in [-0.25, -0.2) is 0 Å². The van der Waals surface area contributed by atoms with Crippen molar-refractivity contribution in [3.8, 4) is 0 Å². The van der Waals surface area contributed by atoms with E-state index in [-0.39, 0.29) is 11.2 Å². The summed E-state index contributed by atoms with van der Waals surface area (Å²) in [6, 6.07) is 0.311. The summed E-state index contributed by atoms with van der Waals surface area (Å²) in [7, 11) is 0. The van der Waals surface area contributed by atoms with E-state index in [1.54, 1.807) is 11.8 Å². The average molecular weight is 258 g/mol. The number of carbonyl (C=O) groups excluding carboxylic acids is 1. The molecule has 1 fully saturated rings. The van der Waals surface area contributed by atoms with Crippen LogP contribution in [0.15, 0.2) is 0 Å². The van der Waals surface area contributed by atoms with Crippen LogP contribution in [0.4, 0.5) is 0 Å². The molecule has 0 bridgehead atoms. The first-order valence-corrected chi connectivity index (χ1v) is 7.82. The molecule has 0 aliphatic carbocycles. The van der Waals surface area contributed by atoms with Gasteiger partial charge in [-0.1, -0.05) is 20.3 Å². The van der Waals surface area contributed by atoms with Crippen LogP contribution in [0.5, 0.6) is 0 Å². The molecule has 0 aromatic rings. The summed E-state index contributed by atoms with van der Waals surface area (Å²) in [4.78, 5) is 12.0. The third kappa shape index (κ3) is 5.30. The fourth-order valence-corrected chi connectivity index (χ4v) is 2.99. The molecule has 0 spiro atoms. The molecule has 4 heteroatoms. The van der Waals surface area contributed by atoms with Crippen molar-refractivity contribution in [3.63, 3.8) is 0 Å². The van der Waals surface area contributed by atoms with Crippen LogP contribution < -0.4 is 10.6 Å². The van der Waals surface area contributed by atoms with Crippen LogP contribution in [0.2, 0.25) is 0 Å². The van der Waals surface area contributed by atoms with Crippen LogP contribution in [0.3, 0.4) is 0 Å². The summed E-state index contributed by atoms with van der Waals surface area (Å²) in [5.74, 6) is 1.88. The molecule has 100 valence electrons. The molecular weight excluding hydrogens is 232 g/mol. The lowest BCUT2D eigenvalue weighted by atomic mass is 9.95. The Morgan fingerprint density at radius 3 is 3.00 bits per heavy atom. The van der Waals surface area contributed by atoms with Crippen LogP contribution in [0.1, 0.15) is 40.0 Å². The minimum atomic E-state index is 0.0793. The van der Waals surface area contributed by atoms with Crippen molar-refractivity contribution in [1.29, 1.82) is 0 Å². The van der Waals surface area contributed by atoms with Crippen LogP contribution in [0, 0.1) is 5.92 Å². The van der Waals surface area contributed by atoms with E-state index in [9.17, 15) is 4.79 Å². The van der Waals surface area contributed by atoms with Crippen molar-refractivity contribution in [3.05, 3.63) is 0 Å². The van der Waals surface area contributed by atoms with Crippen molar-refractivity contribution in [1.82, 2.24) is 10.6 Å². The van der Waals surface area contributed by atoms with Gasteiger partial charge in [0.25, 0.3) is 0 Å². The smallest absolute Gasteiger partial charge is 0.233 e. The molecule has 1 aliphatic rings. The Kier molecular flexibility index (Phi) is 6.97. The molecule has 0 radical (unpaired) electrons. The number of nitrogens with one attached hydrogen (secondary N) is 2. The number of hydrogen-bond acceptors (Lipinski definition) is 3. The third-order valence-electron chi connectivity index (χ3n) is 3.39. The van der Waals surface area contributed by atoms with Crippen molar-refractivity contribution >= 4 is 17.7 Å². The molecule has 0 aromatic heterocycles. The summed E-state index contributed by atoms with van der Waals surface area (Å²) in [5.41, 5.74) is 0. The lowest BCUT2D eigenvalue weighted by molar-refractivity contribution is -0.121. The standard InChI is InChI=1S/C13H26N2OS/c1-4-5-8-17-11(3)13(16)15-12-9-14-7-6-10(12)2/h10-12,14H,4-9H2,1-3H3,(H,15,16). The molecule has 1 heterocycles. The van der Waals surface area contributed by atoms with Crippen LogP contribution >= 0.6 is 11.8 Å². The number of thioether (sulfide) groups is 1. The quantitative estimate of drug-likeness (QED) is 0.716. The van der Waals surface area contributed by atoms with Gasteiger partial charge in [0.15, 0.2) is 0 Å². The van der Waals surface area contributed by atoms with Gasteiger partial charge in [-0.3, -0.25) is 4.79 Å². The fraction of sp³-hybridized carbons (Fsp3) is 0.923. The highest BCUT2D eigenvalue weighted by molar-refractivity contribution is 8.00. The number of rotatable bonds is 6. The first-order valence-electron chi connectivity index (χ1n) is 6.77. The minimum Gasteiger partial charge on any atom is -0.351 e. The van der Waals surface area contributed by atoms with E-state index < -0.39 is 0 Å². The number of unbranched alkanes of at least 4 members (excludes halogenated alkanes) is 1. The monoisotopic (exact) mass is 258 g/mol. The van der Waals surface area contributed by atoms with Gasteiger partial charge in [-0.15, -0.1) is 11.8 Å². The minimum absolute atomic E-state index is 0.0793. The molecule has 3 atom stereocenters. The molecule has 3 nitrogen and oxygen atoms in total. The molecule has 0 saturated carbocycles. The molecule has 2 N–H and O–H groups in total. The van der Waals surface area contributed by atoms with Gasteiger partial charge in [0.05, 0.1) is 5.25 Å². The predicted octanol–water partition coefficient (Wildman–Crippen LogP) is 2.02. The topological polar surface area (TPSA) is 41.1 Å². The van der Waals surface area contributed by atoms with Crippen molar-refractivity contribution in [2.45, 2.75) is 51.3 Å². The lowest BCUT2D eigenvalue weighted by Crippen LogP contribution is -2.51. The van der Waals surface area contributed by atoms with Crippen molar-refractivity contribution < 1.29 is 4.79 Å². The van der Waals surface area contributed by atoms with Gasteiger partial charge >= 0.3 is 0 Å². The summed E-state index contributed by atoms with van der Waals surface area (Å²) in [6.07, 6.45) is 3.55. The van der Waals surface area contributed by atoms with Crippen molar-refractivity contribution in [2.24, 2.45) is 5.92 Å². The van der Waals surface area contributed by atoms with Gasteiger partial charge in [0, 0.05) is 12.6 Å². The SMILES string of the molecule is CCCCSC(C)C(=O)NC1CNCCC1C.